The number of carbonyl (C=O) groups is 2. The molecule has 0 bridgehead atoms. The molecule has 0 spiro atoms. The molecule has 16 heavy (non-hydrogen) atoms. The minimum Gasteiger partial charge on any atom is -0.338 e. The number of likely N-dealkylation sites (tertiary alicyclic amines) is 1. The predicted molar refractivity (Wildman–Crippen MR) is 60.8 cm³/mol. The molecule has 1 aliphatic heterocycles. The summed E-state index contributed by atoms with van der Waals surface area (Å²) in [5, 5.41) is -0.413. The van der Waals surface area contributed by atoms with Crippen molar-refractivity contribution in [2.75, 3.05) is 6.54 Å². The van der Waals surface area contributed by atoms with E-state index in [1.54, 1.807) is 4.90 Å². The maximum atomic E-state index is 11.6. The Hall–Kier alpha value is -1.35. The Balaban J connectivity index is 2.02. The van der Waals surface area contributed by atoms with Crippen molar-refractivity contribution >= 4 is 22.8 Å². The number of rotatable bonds is 3. The molecule has 84 valence electrons. The summed E-state index contributed by atoms with van der Waals surface area (Å²) >= 11 is 5.40. The van der Waals surface area contributed by atoms with E-state index in [9.17, 15) is 9.59 Å². The van der Waals surface area contributed by atoms with Crippen molar-refractivity contribution in [3.63, 3.8) is 0 Å². The van der Waals surface area contributed by atoms with E-state index in [4.69, 9.17) is 11.6 Å². The summed E-state index contributed by atoms with van der Waals surface area (Å²) in [6, 6.07) is 9.72. The number of nitrogens with zero attached hydrogens (tertiary/aromatic N) is 1. The van der Waals surface area contributed by atoms with Crippen LogP contribution in [0.5, 0.6) is 0 Å². The highest BCUT2D eigenvalue weighted by atomic mass is 35.5. The van der Waals surface area contributed by atoms with Gasteiger partial charge in [-0.3, -0.25) is 9.59 Å². The Morgan fingerprint density at radius 2 is 2.06 bits per heavy atom. The van der Waals surface area contributed by atoms with Gasteiger partial charge in [0, 0.05) is 19.5 Å². The third-order valence-corrected chi connectivity index (χ3v) is 3.06. The molecule has 0 saturated carbocycles. The molecule has 4 heteroatoms. The van der Waals surface area contributed by atoms with E-state index in [1.165, 1.54) is 0 Å². The van der Waals surface area contributed by atoms with Gasteiger partial charge >= 0.3 is 0 Å². The molecule has 0 radical (unpaired) electrons. The third-order valence-electron chi connectivity index (χ3n) is 2.75. The zero-order chi connectivity index (χ0) is 11.5. The molecule has 0 aliphatic carbocycles. The van der Waals surface area contributed by atoms with Gasteiger partial charge in [0.05, 0.1) is 5.92 Å². The summed E-state index contributed by atoms with van der Waals surface area (Å²) in [6.07, 6.45) is 0.245. The summed E-state index contributed by atoms with van der Waals surface area (Å²) < 4.78 is 0. The maximum Gasteiger partial charge on any atom is 0.227 e. The van der Waals surface area contributed by atoms with E-state index < -0.39 is 5.24 Å². The van der Waals surface area contributed by atoms with Crippen LogP contribution >= 0.6 is 11.6 Å². The highest BCUT2D eigenvalue weighted by Crippen LogP contribution is 2.21. The number of halogens is 1. The number of amides is 1. The number of hydrogen-bond donors (Lipinski definition) is 0. The van der Waals surface area contributed by atoms with E-state index in [2.05, 4.69) is 0 Å². The Labute approximate surface area is 99.0 Å². The van der Waals surface area contributed by atoms with Gasteiger partial charge in [0.1, 0.15) is 0 Å². The summed E-state index contributed by atoms with van der Waals surface area (Å²) in [4.78, 5) is 24.3. The fourth-order valence-corrected chi connectivity index (χ4v) is 2.03. The standard InChI is InChI=1S/C12H12ClNO2/c13-12(16)10-6-11(15)14(8-10)7-9-4-2-1-3-5-9/h1-5,10H,6-8H2/t10-/m1/s1. The lowest BCUT2D eigenvalue weighted by atomic mass is 10.1. The van der Waals surface area contributed by atoms with Crippen molar-refractivity contribution in [1.82, 2.24) is 4.90 Å². The second-order valence-corrected chi connectivity index (χ2v) is 4.34. The molecular formula is C12H12ClNO2. The molecule has 1 saturated heterocycles. The highest BCUT2D eigenvalue weighted by Gasteiger charge is 2.33. The summed E-state index contributed by atoms with van der Waals surface area (Å²) in [6.45, 7) is 0.996. The average Bonchev–Trinajstić information content (AvgIpc) is 2.62. The Morgan fingerprint density at radius 1 is 1.38 bits per heavy atom. The summed E-state index contributed by atoms with van der Waals surface area (Å²) in [5.41, 5.74) is 1.07. The van der Waals surface area contributed by atoms with Crippen LogP contribution in [0.25, 0.3) is 0 Å². The molecule has 3 nitrogen and oxygen atoms in total. The maximum absolute atomic E-state index is 11.6. The van der Waals surface area contributed by atoms with Crippen LogP contribution in [0.15, 0.2) is 30.3 Å². The Kier molecular flexibility index (Phi) is 3.25. The first-order valence-corrected chi connectivity index (χ1v) is 5.55. The smallest absolute Gasteiger partial charge is 0.227 e. The van der Waals surface area contributed by atoms with Crippen molar-refractivity contribution < 1.29 is 9.59 Å². The highest BCUT2D eigenvalue weighted by molar-refractivity contribution is 6.64. The average molecular weight is 238 g/mol. The molecule has 2 rings (SSSR count). The van der Waals surface area contributed by atoms with Crippen LogP contribution in [0.4, 0.5) is 0 Å². The lowest BCUT2D eigenvalue weighted by Crippen LogP contribution is -2.25. The van der Waals surface area contributed by atoms with E-state index in [-0.39, 0.29) is 18.2 Å². The lowest BCUT2D eigenvalue weighted by Gasteiger charge is -2.15. The van der Waals surface area contributed by atoms with Crippen LogP contribution in [0.1, 0.15) is 12.0 Å². The van der Waals surface area contributed by atoms with Gasteiger partial charge in [0.15, 0.2) is 0 Å². The largest absolute Gasteiger partial charge is 0.338 e. The molecule has 1 aromatic rings. The quantitative estimate of drug-likeness (QED) is 0.752. The van der Waals surface area contributed by atoms with Gasteiger partial charge in [0.2, 0.25) is 11.1 Å². The van der Waals surface area contributed by atoms with Crippen LogP contribution in [-0.4, -0.2) is 22.6 Å². The topological polar surface area (TPSA) is 37.4 Å². The second kappa shape index (κ2) is 4.66. The molecule has 1 aliphatic rings. The monoisotopic (exact) mass is 237 g/mol. The van der Waals surface area contributed by atoms with Crippen molar-refractivity contribution in [2.24, 2.45) is 5.92 Å². The summed E-state index contributed by atoms with van der Waals surface area (Å²) in [5.74, 6) is -0.333. The third kappa shape index (κ3) is 2.42. The van der Waals surface area contributed by atoms with E-state index >= 15 is 0 Å². The van der Waals surface area contributed by atoms with Crippen molar-refractivity contribution in [2.45, 2.75) is 13.0 Å². The predicted octanol–water partition coefficient (Wildman–Crippen LogP) is 1.80. The van der Waals surface area contributed by atoms with E-state index in [0.717, 1.165) is 5.56 Å². The van der Waals surface area contributed by atoms with Crippen molar-refractivity contribution in [3.8, 4) is 0 Å². The lowest BCUT2D eigenvalue weighted by molar-refractivity contribution is -0.128. The SMILES string of the molecule is O=C(Cl)[C@@H]1CC(=O)N(Cc2ccccc2)C1. The minimum absolute atomic E-state index is 0.00264. The first-order chi connectivity index (χ1) is 7.66. The van der Waals surface area contributed by atoms with Gasteiger partial charge in [-0.05, 0) is 17.2 Å². The molecular weight excluding hydrogens is 226 g/mol. The molecule has 1 fully saturated rings. The molecule has 1 heterocycles. The first-order valence-electron chi connectivity index (χ1n) is 5.18. The number of benzene rings is 1. The molecule has 1 aromatic carbocycles. The van der Waals surface area contributed by atoms with Crippen LogP contribution in [0.3, 0.4) is 0 Å². The fourth-order valence-electron chi connectivity index (χ4n) is 1.88. The fraction of sp³-hybridized carbons (Fsp3) is 0.333. The molecule has 0 N–H and O–H groups in total. The first kappa shape index (κ1) is 11.1. The van der Waals surface area contributed by atoms with Gasteiger partial charge in [-0.15, -0.1) is 0 Å². The van der Waals surface area contributed by atoms with Gasteiger partial charge in [-0.1, -0.05) is 30.3 Å². The normalized spacial score (nSPS) is 20.2. The van der Waals surface area contributed by atoms with Gasteiger partial charge < -0.3 is 4.90 Å². The Morgan fingerprint density at radius 3 is 2.62 bits per heavy atom. The van der Waals surface area contributed by atoms with Crippen LogP contribution in [-0.2, 0) is 16.1 Å². The van der Waals surface area contributed by atoms with Crippen molar-refractivity contribution in [1.29, 1.82) is 0 Å². The van der Waals surface area contributed by atoms with Crippen LogP contribution in [0, 0.1) is 5.92 Å². The molecule has 1 amide bonds. The molecule has 1 atom stereocenters. The second-order valence-electron chi connectivity index (χ2n) is 3.97. The van der Waals surface area contributed by atoms with Crippen LogP contribution in [0.2, 0.25) is 0 Å². The van der Waals surface area contributed by atoms with Gasteiger partial charge in [-0.2, -0.15) is 0 Å². The zero-order valence-electron chi connectivity index (χ0n) is 8.73. The summed E-state index contributed by atoms with van der Waals surface area (Å²) in [7, 11) is 0. The van der Waals surface area contributed by atoms with Gasteiger partial charge in [-0.25, -0.2) is 0 Å². The molecule has 0 aromatic heterocycles. The zero-order valence-corrected chi connectivity index (χ0v) is 9.48. The Bertz CT molecular complexity index is 405. The van der Waals surface area contributed by atoms with E-state index in [0.29, 0.717) is 13.1 Å². The number of carbonyl (C=O) groups excluding carboxylic acids is 2. The van der Waals surface area contributed by atoms with E-state index in [1.807, 2.05) is 30.3 Å². The minimum atomic E-state index is -0.413. The van der Waals surface area contributed by atoms with Crippen LogP contribution < -0.4 is 0 Å². The number of hydrogen-bond acceptors (Lipinski definition) is 2. The van der Waals surface area contributed by atoms with Gasteiger partial charge in [0.25, 0.3) is 0 Å². The molecule has 0 unspecified atom stereocenters. The van der Waals surface area contributed by atoms with Crippen molar-refractivity contribution in [3.05, 3.63) is 35.9 Å².